The van der Waals surface area contributed by atoms with Crippen LogP contribution >= 0.6 is 0 Å². The van der Waals surface area contributed by atoms with Gasteiger partial charge in [-0.3, -0.25) is 9.78 Å². The number of benzene rings is 1. The van der Waals surface area contributed by atoms with Crippen LogP contribution in [0.4, 0.5) is 11.4 Å². The molecule has 0 saturated carbocycles. The zero-order valence-corrected chi connectivity index (χ0v) is 11.4. The second-order valence-electron chi connectivity index (χ2n) is 5.00. The summed E-state index contributed by atoms with van der Waals surface area (Å²) < 4.78 is 0. The second-order valence-corrected chi connectivity index (χ2v) is 5.00. The van der Waals surface area contributed by atoms with Crippen molar-refractivity contribution in [1.29, 1.82) is 0 Å². The Morgan fingerprint density at radius 3 is 3.10 bits per heavy atom. The minimum absolute atomic E-state index is 0.0591. The third-order valence-electron chi connectivity index (χ3n) is 3.49. The van der Waals surface area contributed by atoms with Crippen LogP contribution in [0.1, 0.15) is 28.0 Å². The SMILES string of the molecule is Cc1cc(NC(=O)c2cccc3c2CCCN3)ccn1. The highest BCUT2D eigenvalue weighted by Gasteiger charge is 2.17. The first-order chi connectivity index (χ1) is 9.74. The van der Waals surface area contributed by atoms with Crippen molar-refractivity contribution in [3.8, 4) is 0 Å². The van der Waals surface area contributed by atoms with Gasteiger partial charge in [0.05, 0.1) is 0 Å². The van der Waals surface area contributed by atoms with E-state index in [0.717, 1.165) is 47.6 Å². The smallest absolute Gasteiger partial charge is 0.256 e. The number of nitrogens with zero attached hydrogens (tertiary/aromatic N) is 1. The highest BCUT2D eigenvalue weighted by Crippen LogP contribution is 2.25. The van der Waals surface area contributed by atoms with E-state index in [2.05, 4.69) is 15.6 Å². The van der Waals surface area contributed by atoms with Crippen molar-refractivity contribution in [2.45, 2.75) is 19.8 Å². The lowest BCUT2D eigenvalue weighted by atomic mass is 9.97. The van der Waals surface area contributed by atoms with Crippen LogP contribution in [0.2, 0.25) is 0 Å². The predicted molar refractivity (Wildman–Crippen MR) is 80.2 cm³/mol. The number of aryl methyl sites for hydroxylation is 1. The average molecular weight is 267 g/mol. The molecular weight excluding hydrogens is 250 g/mol. The molecular formula is C16H17N3O. The summed E-state index contributed by atoms with van der Waals surface area (Å²) in [5.74, 6) is -0.0591. The molecule has 0 radical (unpaired) electrons. The third-order valence-corrected chi connectivity index (χ3v) is 3.49. The van der Waals surface area contributed by atoms with Crippen LogP contribution in [0.25, 0.3) is 0 Å². The molecule has 1 aromatic carbocycles. The number of carbonyl (C=O) groups excluding carboxylic acids is 1. The molecule has 3 rings (SSSR count). The number of rotatable bonds is 2. The van der Waals surface area contributed by atoms with Crippen molar-refractivity contribution < 1.29 is 4.79 Å². The maximum atomic E-state index is 12.4. The fourth-order valence-corrected chi connectivity index (χ4v) is 2.54. The molecule has 2 N–H and O–H groups in total. The standard InChI is InChI=1S/C16H17N3O/c1-11-10-12(7-9-17-11)19-16(20)14-4-2-6-15-13(14)5-3-8-18-15/h2,4,6-7,9-10,18H,3,5,8H2,1H3,(H,17,19,20). The molecule has 0 spiro atoms. The van der Waals surface area contributed by atoms with Gasteiger partial charge >= 0.3 is 0 Å². The number of hydrogen-bond donors (Lipinski definition) is 2. The average Bonchev–Trinajstić information content (AvgIpc) is 2.46. The van der Waals surface area contributed by atoms with Gasteiger partial charge in [0.1, 0.15) is 0 Å². The summed E-state index contributed by atoms with van der Waals surface area (Å²) in [6, 6.07) is 9.50. The van der Waals surface area contributed by atoms with Gasteiger partial charge in [0, 0.05) is 35.4 Å². The fourth-order valence-electron chi connectivity index (χ4n) is 2.54. The zero-order chi connectivity index (χ0) is 13.9. The summed E-state index contributed by atoms with van der Waals surface area (Å²) in [4.78, 5) is 16.6. The molecule has 102 valence electrons. The van der Waals surface area contributed by atoms with Crippen LogP contribution in [0.5, 0.6) is 0 Å². The van der Waals surface area contributed by atoms with Gasteiger partial charge in [-0.15, -0.1) is 0 Å². The molecule has 0 bridgehead atoms. The predicted octanol–water partition coefficient (Wildman–Crippen LogP) is 3.00. The zero-order valence-electron chi connectivity index (χ0n) is 11.4. The topological polar surface area (TPSA) is 54.0 Å². The molecule has 4 nitrogen and oxygen atoms in total. The van der Waals surface area contributed by atoms with E-state index in [4.69, 9.17) is 0 Å². The van der Waals surface area contributed by atoms with Crippen molar-refractivity contribution in [1.82, 2.24) is 4.98 Å². The van der Waals surface area contributed by atoms with Crippen LogP contribution in [-0.2, 0) is 6.42 Å². The highest BCUT2D eigenvalue weighted by atomic mass is 16.1. The quantitative estimate of drug-likeness (QED) is 0.879. The van der Waals surface area contributed by atoms with Crippen molar-refractivity contribution in [2.75, 3.05) is 17.2 Å². The molecule has 1 aromatic heterocycles. The first-order valence-electron chi connectivity index (χ1n) is 6.84. The van der Waals surface area contributed by atoms with Crippen LogP contribution in [0, 0.1) is 6.92 Å². The van der Waals surface area contributed by atoms with Crippen LogP contribution in [-0.4, -0.2) is 17.4 Å². The Hall–Kier alpha value is -2.36. The maximum absolute atomic E-state index is 12.4. The lowest BCUT2D eigenvalue weighted by molar-refractivity contribution is 0.102. The Kier molecular flexibility index (Phi) is 3.37. The van der Waals surface area contributed by atoms with Crippen LogP contribution < -0.4 is 10.6 Å². The Morgan fingerprint density at radius 1 is 1.35 bits per heavy atom. The molecule has 2 heterocycles. The van der Waals surface area contributed by atoms with Crippen LogP contribution in [0.15, 0.2) is 36.5 Å². The highest BCUT2D eigenvalue weighted by molar-refractivity contribution is 6.06. The largest absolute Gasteiger partial charge is 0.385 e. The number of hydrogen-bond acceptors (Lipinski definition) is 3. The van der Waals surface area contributed by atoms with Gasteiger partial charge in [-0.05, 0) is 49.6 Å². The molecule has 1 aliphatic heterocycles. The summed E-state index contributed by atoms with van der Waals surface area (Å²) >= 11 is 0. The third kappa shape index (κ3) is 2.50. The molecule has 0 fully saturated rings. The lowest BCUT2D eigenvalue weighted by Crippen LogP contribution is -2.19. The van der Waals surface area contributed by atoms with E-state index >= 15 is 0 Å². The molecule has 0 aliphatic carbocycles. The van der Waals surface area contributed by atoms with Gasteiger partial charge in [0.15, 0.2) is 0 Å². The van der Waals surface area contributed by atoms with Crippen molar-refractivity contribution in [3.05, 3.63) is 53.3 Å². The first kappa shape index (κ1) is 12.7. The van der Waals surface area contributed by atoms with E-state index in [-0.39, 0.29) is 5.91 Å². The summed E-state index contributed by atoms with van der Waals surface area (Å²) in [6.07, 6.45) is 3.71. The van der Waals surface area contributed by atoms with Gasteiger partial charge in [0.25, 0.3) is 5.91 Å². The summed E-state index contributed by atoms with van der Waals surface area (Å²) in [6.45, 7) is 2.88. The summed E-state index contributed by atoms with van der Waals surface area (Å²) in [5.41, 5.74) is 4.62. The molecule has 0 saturated heterocycles. The minimum Gasteiger partial charge on any atom is -0.385 e. The van der Waals surface area contributed by atoms with E-state index in [0.29, 0.717) is 0 Å². The Bertz CT molecular complexity index is 652. The van der Waals surface area contributed by atoms with E-state index in [1.165, 1.54) is 0 Å². The maximum Gasteiger partial charge on any atom is 0.256 e. The van der Waals surface area contributed by atoms with Crippen molar-refractivity contribution in [3.63, 3.8) is 0 Å². The number of carbonyl (C=O) groups is 1. The number of nitrogens with one attached hydrogen (secondary N) is 2. The number of amides is 1. The Morgan fingerprint density at radius 2 is 2.25 bits per heavy atom. The molecule has 0 atom stereocenters. The molecule has 0 unspecified atom stereocenters. The fraction of sp³-hybridized carbons (Fsp3) is 0.250. The molecule has 2 aromatic rings. The normalized spacial score (nSPS) is 13.2. The number of pyridine rings is 1. The van der Waals surface area contributed by atoms with E-state index < -0.39 is 0 Å². The number of fused-ring (bicyclic) bond motifs is 1. The second kappa shape index (κ2) is 5.33. The lowest BCUT2D eigenvalue weighted by Gasteiger charge is -2.20. The van der Waals surface area contributed by atoms with E-state index in [1.807, 2.05) is 31.2 Å². The van der Waals surface area contributed by atoms with Crippen molar-refractivity contribution >= 4 is 17.3 Å². The van der Waals surface area contributed by atoms with Gasteiger partial charge in [-0.25, -0.2) is 0 Å². The molecule has 1 amide bonds. The Labute approximate surface area is 118 Å². The number of aromatic nitrogens is 1. The van der Waals surface area contributed by atoms with Gasteiger partial charge in [-0.2, -0.15) is 0 Å². The van der Waals surface area contributed by atoms with Crippen molar-refractivity contribution in [2.24, 2.45) is 0 Å². The van der Waals surface area contributed by atoms with Gasteiger partial charge < -0.3 is 10.6 Å². The van der Waals surface area contributed by atoms with Gasteiger partial charge in [-0.1, -0.05) is 6.07 Å². The van der Waals surface area contributed by atoms with E-state index in [1.54, 1.807) is 12.3 Å². The molecule has 1 aliphatic rings. The first-order valence-corrected chi connectivity index (χ1v) is 6.84. The van der Waals surface area contributed by atoms with E-state index in [9.17, 15) is 4.79 Å². The monoisotopic (exact) mass is 267 g/mol. The molecule has 4 heteroatoms. The summed E-state index contributed by atoms with van der Waals surface area (Å²) in [7, 11) is 0. The summed E-state index contributed by atoms with van der Waals surface area (Å²) in [5, 5.41) is 6.28. The number of anilines is 2. The Balaban J connectivity index is 1.88. The minimum atomic E-state index is -0.0591. The molecule has 20 heavy (non-hydrogen) atoms. The van der Waals surface area contributed by atoms with Crippen LogP contribution in [0.3, 0.4) is 0 Å². The van der Waals surface area contributed by atoms with Gasteiger partial charge in [0.2, 0.25) is 0 Å².